The maximum Gasteiger partial charge on any atom is 0.123 e. The fourth-order valence-corrected chi connectivity index (χ4v) is 5.12. The Balaban J connectivity index is 2.06. The van der Waals surface area contributed by atoms with Crippen LogP contribution in [-0.4, -0.2) is 28.6 Å². The summed E-state index contributed by atoms with van der Waals surface area (Å²) in [7, 11) is 0. The maximum atomic E-state index is 2.69. The lowest BCUT2D eigenvalue weighted by molar-refractivity contribution is -0.00350. The summed E-state index contributed by atoms with van der Waals surface area (Å²) in [5, 5.41) is 0. The van der Waals surface area contributed by atoms with Crippen molar-refractivity contribution >= 4 is 0 Å². The minimum Gasteiger partial charge on any atom is -0.353 e. The molecule has 1 aliphatic rings. The molecule has 0 aromatic heterocycles. The van der Waals surface area contributed by atoms with E-state index < -0.39 is 0 Å². The highest BCUT2D eigenvalue weighted by Crippen LogP contribution is 2.45. The average molecular weight is 405 g/mol. The fourth-order valence-electron chi connectivity index (χ4n) is 5.12. The number of nitrogens with zero attached hydrogens (tertiary/aromatic N) is 2. The van der Waals surface area contributed by atoms with Crippen LogP contribution in [-0.2, 0) is 6.42 Å². The summed E-state index contributed by atoms with van der Waals surface area (Å²) < 4.78 is 0. The maximum absolute atomic E-state index is 2.69. The van der Waals surface area contributed by atoms with Crippen molar-refractivity contribution in [2.24, 2.45) is 0 Å². The van der Waals surface area contributed by atoms with Crippen LogP contribution >= 0.6 is 0 Å². The van der Waals surface area contributed by atoms with Gasteiger partial charge in [0.05, 0.1) is 0 Å². The molecule has 0 saturated heterocycles. The van der Waals surface area contributed by atoms with Crippen LogP contribution in [0.25, 0.3) is 0 Å². The van der Waals surface area contributed by atoms with E-state index in [1.54, 1.807) is 0 Å². The molecule has 2 atom stereocenters. The van der Waals surface area contributed by atoms with E-state index in [0.717, 1.165) is 25.9 Å². The van der Waals surface area contributed by atoms with Gasteiger partial charge in [-0.15, -0.1) is 0 Å². The molecule has 2 nitrogen and oxygen atoms in total. The van der Waals surface area contributed by atoms with Gasteiger partial charge in [0.2, 0.25) is 0 Å². The molecule has 0 amide bonds. The Bertz CT molecular complexity index is 755. The first-order chi connectivity index (χ1) is 14.8. The monoisotopic (exact) mass is 404 g/mol. The van der Waals surface area contributed by atoms with Crippen LogP contribution in [0.1, 0.15) is 76.3 Å². The van der Waals surface area contributed by atoms with Crippen molar-refractivity contribution in [3.63, 3.8) is 0 Å². The van der Waals surface area contributed by atoms with Gasteiger partial charge in [0.1, 0.15) is 5.66 Å². The lowest BCUT2D eigenvalue weighted by Crippen LogP contribution is -2.59. The lowest BCUT2D eigenvalue weighted by atomic mass is 9.78. The Morgan fingerprint density at radius 2 is 1.27 bits per heavy atom. The largest absolute Gasteiger partial charge is 0.353 e. The van der Waals surface area contributed by atoms with E-state index in [2.05, 4.69) is 104 Å². The summed E-state index contributed by atoms with van der Waals surface area (Å²) in [6, 6.07) is 22.3. The van der Waals surface area contributed by atoms with Crippen LogP contribution in [0.5, 0.6) is 0 Å². The van der Waals surface area contributed by atoms with Crippen LogP contribution in [0.3, 0.4) is 0 Å². The first kappa shape index (κ1) is 22.5. The van der Waals surface area contributed by atoms with Gasteiger partial charge in [0.25, 0.3) is 0 Å². The highest BCUT2D eigenvalue weighted by atomic mass is 15.4. The van der Waals surface area contributed by atoms with E-state index in [4.69, 9.17) is 0 Å². The molecule has 162 valence electrons. The van der Waals surface area contributed by atoms with E-state index in [9.17, 15) is 0 Å². The molecule has 2 aromatic rings. The molecule has 2 heteroatoms. The van der Waals surface area contributed by atoms with Crippen LogP contribution in [0.4, 0.5) is 0 Å². The Morgan fingerprint density at radius 3 is 1.83 bits per heavy atom. The number of benzene rings is 2. The molecule has 0 bridgehead atoms. The topological polar surface area (TPSA) is 6.48 Å². The number of hydrogen-bond acceptors (Lipinski definition) is 2. The molecule has 0 N–H and O–H groups in total. The zero-order chi connectivity index (χ0) is 21.2. The molecule has 0 fully saturated rings. The fraction of sp³-hybridized carbons (Fsp3) is 0.500. The highest BCUT2D eigenvalue weighted by molar-refractivity contribution is 5.30. The molecule has 1 heterocycles. The number of hydrogen-bond donors (Lipinski definition) is 0. The molecule has 0 aliphatic carbocycles. The molecule has 0 saturated carbocycles. The minimum absolute atomic E-state index is 0.0413. The second-order valence-corrected chi connectivity index (χ2v) is 8.66. The van der Waals surface area contributed by atoms with Crippen LogP contribution in [0.2, 0.25) is 0 Å². The summed E-state index contributed by atoms with van der Waals surface area (Å²) in [5.41, 5.74) is 2.85. The average Bonchev–Trinajstić information content (AvgIpc) is 3.12. The first-order valence-electron chi connectivity index (χ1n) is 12.1. The molecule has 2 aromatic carbocycles. The first-order valence-corrected chi connectivity index (χ1v) is 12.1. The Labute approximate surface area is 184 Å². The molecule has 2 unspecified atom stereocenters. The zero-order valence-electron chi connectivity index (χ0n) is 19.3. The molecule has 0 spiro atoms. The van der Waals surface area contributed by atoms with Gasteiger partial charge in [-0.3, -0.25) is 0 Å². The predicted octanol–water partition coefficient (Wildman–Crippen LogP) is 7.20. The minimum atomic E-state index is -0.0413. The third-order valence-electron chi connectivity index (χ3n) is 6.65. The van der Waals surface area contributed by atoms with E-state index in [1.165, 1.54) is 43.2 Å². The van der Waals surface area contributed by atoms with Crippen molar-refractivity contribution in [1.29, 1.82) is 0 Å². The van der Waals surface area contributed by atoms with Crippen molar-refractivity contribution in [1.82, 2.24) is 9.80 Å². The summed E-state index contributed by atoms with van der Waals surface area (Å²) in [4.78, 5) is 5.36. The van der Waals surface area contributed by atoms with Crippen molar-refractivity contribution in [3.8, 4) is 0 Å². The molecular formula is C28H40N2. The third kappa shape index (κ3) is 4.91. The standard InChI is InChI=1S/C28H40N2/c1-4-7-15-21-30-23-22-29(20-8-5-2)28(30,24-25-16-11-9-12-17-25)27(6-3)26-18-13-10-14-19-26/h9-14,16-19,22-23,27H,4-8,15,20-21,24H2,1-3H3. The normalized spacial score (nSPS) is 19.4. The van der Waals surface area contributed by atoms with Gasteiger partial charge < -0.3 is 9.80 Å². The van der Waals surface area contributed by atoms with E-state index >= 15 is 0 Å². The van der Waals surface area contributed by atoms with Gasteiger partial charge in [0.15, 0.2) is 0 Å². The summed E-state index contributed by atoms with van der Waals surface area (Å²) in [6.45, 7) is 9.21. The van der Waals surface area contributed by atoms with E-state index in [1.807, 2.05) is 0 Å². The molecule has 30 heavy (non-hydrogen) atoms. The molecule has 1 aliphatic heterocycles. The predicted molar refractivity (Wildman–Crippen MR) is 129 cm³/mol. The van der Waals surface area contributed by atoms with Gasteiger partial charge >= 0.3 is 0 Å². The Kier molecular flexibility index (Phi) is 8.42. The van der Waals surface area contributed by atoms with Gasteiger partial charge in [-0.2, -0.15) is 0 Å². The SMILES string of the molecule is CCCCCN1C=CN(CCCC)C1(Cc1ccccc1)C(CC)c1ccccc1. The summed E-state index contributed by atoms with van der Waals surface area (Å²) in [6.07, 6.45) is 13.2. The van der Waals surface area contributed by atoms with Crippen LogP contribution < -0.4 is 0 Å². The quantitative estimate of drug-likeness (QED) is 0.345. The molecular weight excluding hydrogens is 364 g/mol. The molecule has 0 radical (unpaired) electrons. The Morgan fingerprint density at radius 1 is 0.700 bits per heavy atom. The van der Waals surface area contributed by atoms with Gasteiger partial charge in [-0.1, -0.05) is 101 Å². The van der Waals surface area contributed by atoms with Crippen LogP contribution in [0, 0.1) is 0 Å². The van der Waals surface area contributed by atoms with Crippen LogP contribution in [0.15, 0.2) is 73.1 Å². The summed E-state index contributed by atoms with van der Waals surface area (Å²) >= 11 is 0. The van der Waals surface area contributed by atoms with Gasteiger partial charge in [0, 0.05) is 37.8 Å². The molecule has 3 rings (SSSR count). The number of rotatable bonds is 12. The smallest absolute Gasteiger partial charge is 0.123 e. The summed E-state index contributed by atoms with van der Waals surface area (Å²) in [5.74, 6) is 0.451. The zero-order valence-corrected chi connectivity index (χ0v) is 19.3. The van der Waals surface area contributed by atoms with Crippen molar-refractivity contribution in [2.45, 2.75) is 77.3 Å². The second-order valence-electron chi connectivity index (χ2n) is 8.66. The number of unbranched alkanes of at least 4 members (excludes halogenated alkanes) is 3. The van der Waals surface area contributed by atoms with Crippen molar-refractivity contribution in [2.75, 3.05) is 13.1 Å². The Hall–Kier alpha value is -2.22. The van der Waals surface area contributed by atoms with Crippen molar-refractivity contribution < 1.29 is 0 Å². The lowest BCUT2D eigenvalue weighted by Gasteiger charge is -2.51. The second kappa shape index (κ2) is 11.2. The van der Waals surface area contributed by atoms with E-state index in [-0.39, 0.29) is 5.66 Å². The third-order valence-corrected chi connectivity index (χ3v) is 6.65. The highest BCUT2D eigenvalue weighted by Gasteiger charge is 2.49. The van der Waals surface area contributed by atoms with Gasteiger partial charge in [-0.05, 0) is 30.4 Å². The van der Waals surface area contributed by atoms with Gasteiger partial charge in [-0.25, -0.2) is 0 Å². The van der Waals surface area contributed by atoms with Crippen molar-refractivity contribution in [3.05, 3.63) is 84.2 Å². The van der Waals surface area contributed by atoms with E-state index in [0.29, 0.717) is 5.92 Å².